The van der Waals surface area contributed by atoms with Gasteiger partial charge in [0, 0.05) is 37.0 Å². The van der Waals surface area contributed by atoms with Crippen molar-refractivity contribution < 1.29 is 13.6 Å². The molecule has 2 fully saturated rings. The first-order valence-electron chi connectivity index (χ1n) is 9.89. The first-order chi connectivity index (χ1) is 13.8. The van der Waals surface area contributed by atoms with Crippen molar-refractivity contribution in [1.29, 1.82) is 0 Å². The molecule has 2 aliphatic heterocycles. The monoisotopic (exact) mass is 401 g/mol. The highest BCUT2D eigenvalue weighted by molar-refractivity contribution is 5.84. The maximum absolute atomic E-state index is 14.8. The van der Waals surface area contributed by atoms with Gasteiger partial charge in [-0.25, -0.2) is 18.7 Å². The van der Waals surface area contributed by atoms with Crippen molar-refractivity contribution >= 4 is 11.7 Å². The fourth-order valence-corrected chi connectivity index (χ4v) is 4.68. The molecule has 4 heterocycles. The van der Waals surface area contributed by atoms with Crippen molar-refractivity contribution in [2.75, 3.05) is 24.5 Å². The van der Waals surface area contributed by atoms with Crippen LogP contribution in [-0.4, -0.2) is 51.3 Å². The second-order valence-corrected chi connectivity index (χ2v) is 8.30. The van der Waals surface area contributed by atoms with Crippen LogP contribution in [0.15, 0.2) is 30.7 Å². The number of amides is 1. The zero-order valence-corrected chi connectivity index (χ0v) is 16.7. The SMILES string of the molecule is Cc1cccc(CN2CCCC3(CN(c4ncncc4C)CC(F)(F)C3)C2=O)n1. The Bertz CT molecular complexity index is 921. The molecular formula is C21H25F2N5O. The van der Waals surface area contributed by atoms with E-state index in [1.165, 1.54) is 6.33 Å². The van der Waals surface area contributed by atoms with Gasteiger partial charge in [-0.05, 0) is 38.8 Å². The van der Waals surface area contributed by atoms with E-state index in [0.29, 0.717) is 31.7 Å². The van der Waals surface area contributed by atoms with Crippen LogP contribution in [0.3, 0.4) is 0 Å². The van der Waals surface area contributed by atoms with Crippen LogP contribution < -0.4 is 4.90 Å². The van der Waals surface area contributed by atoms with Gasteiger partial charge in [-0.3, -0.25) is 9.78 Å². The van der Waals surface area contributed by atoms with Crippen molar-refractivity contribution in [1.82, 2.24) is 19.9 Å². The van der Waals surface area contributed by atoms with E-state index in [1.54, 1.807) is 22.9 Å². The van der Waals surface area contributed by atoms with Crippen LogP contribution >= 0.6 is 0 Å². The van der Waals surface area contributed by atoms with E-state index in [1.807, 2.05) is 25.1 Å². The van der Waals surface area contributed by atoms with Crippen LogP contribution in [0.5, 0.6) is 0 Å². The minimum absolute atomic E-state index is 0.205. The summed E-state index contributed by atoms with van der Waals surface area (Å²) in [4.78, 5) is 29.3. The van der Waals surface area contributed by atoms with E-state index in [0.717, 1.165) is 17.0 Å². The first kappa shape index (κ1) is 19.7. The molecule has 2 saturated heterocycles. The van der Waals surface area contributed by atoms with Crippen LogP contribution in [0.4, 0.5) is 14.6 Å². The molecule has 8 heteroatoms. The average molecular weight is 401 g/mol. The normalized spacial score (nSPS) is 24.2. The highest BCUT2D eigenvalue weighted by Gasteiger charge is 2.55. The van der Waals surface area contributed by atoms with Crippen molar-refractivity contribution in [3.63, 3.8) is 0 Å². The number of carbonyl (C=O) groups excluding carboxylic acids is 1. The minimum atomic E-state index is -2.96. The van der Waals surface area contributed by atoms with E-state index in [9.17, 15) is 13.6 Å². The number of aryl methyl sites for hydroxylation is 2. The van der Waals surface area contributed by atoms with Gasteiger partial charge in [-0.1, -0.05) is 6.07 Å². The lowest BCUT2D eigenvalue weighted by Crippen LogP contribution is -2.61. The minimum Gasteiger partial charge on any atom is -0.349 e. The molecule has 1 spiro atoms. The van der Waals surface area contributed by atoms with E-state index in [-0.39, 0.29) is 12.5 Å². The summed E-state index contributed by atoms with van der Waals surface area (Å²) in [6, 6.07) is 5.66. The first-order valence-corrected chi connectivity index (χ1v) is 9.89. The largest absolute Gasteiger partial charge is 0.349 e. The molecule has 0 N–H and O–H groups in total. The molecule has 1 atom stereocenters. The number of anilines is 1. The Hall–Kier alpha value is -2.64. The molecule has 0 bridgehead atoms. The Morgan fingerprint density at radius 2 is 2.03 bits per heavy atom. The van der Waals surface area contributed by atoms with Crippen molar-refractivity contribution in [3.05, 3.63) is 47.7 Å². The van der Waals surface area contributed by atoms with Crippen LogP contribution in [0.2, 0.25) is 0 Å². The van der Waals surface area contributed by atoms with Gasteiger partial charge in [0.25, 0.3) is 5.92 Å². The molecule has 2 aromatic heterocycles. The molecule has 0 aliphatic carbocycles. The van der Waals surface area contributed by atoms with Crippen molar-refractivity contribution in [2.45, 2.75) is 45.6 Å². The topological polar surface area (TPSA) is 62.2 Å². The summed E-state index contributed by atoms with van der Waals surface area (Å²) >= 11 is 0. The zero-order valence-electron chi connectivity index (χ0n) is 16.7. The Labute approximate surface area is 169 Å². The number of halogens is 2. The molecule has 29 heavy (non-hydrogen) atoms. The summed E-state index contributed by atoms with van der Waals surface area (Å²) in [7, 11) is 0. The predicted octanol–water partition coefficient (Wildman–Crippen LogP) is 3.14. The molecule has 154 valence electrons. The molecule has 2 aromatic rings. The Balaban J connectivity index is 1.62. The highest BCUT2D eigenvalue weighted by Crippen LogP contribution is 2.46. The van der Waals surface area contributed by atoms with Gasteiger partial charge in [-0.15, -0.1) is 0 Å². The van der Waals surface area contributed by atoms with E-state index >= 15 is 0 Å². The van der Waals surface area contributed by atoms with Gasteiger partial charge in [-0.2, -0.15) is 0 Å². The third-order valence-corrected chi connectivity index (χ3v) is 5.80. The van der Waals surface area contributed by atoms with Crippen molar-refractivity contribution in [2.24, 2.45) is 5.41 Å². The van der Waals surface area contributed by atoms with Crippen LogP contribution in [0.1, 0.15) is 36.2 Å². The maximum Gasteiger partial charge on any atom is 0.266 e. The van der Waals surface area contributed by atoms with Crippen LogP contribution in [-0.2, 0) is 11.3 Å². The van der Waals surface area contributed by atoms with Crippen LogP contribution in [0.25, 0.3) is 0 Å². The third kappa shape index (κ3) is 3.93. The predicted molar refractivity (Wildman–Crippen MR) is 105 cm³/mol. The lowest BCUT2D eigenvalue weighted by atomic mass is 9.71. The second kappa shape index (κ2) is 7.31. The quantitative estimate of drug-likeness (QED) is 0.791. The second-order valence-electron chi connectivity index (χ2n) is 8.30. The number of nitrogens with zero attached hydrogens (tertiary/aromatic N) is 5. The number of piperidine rings is 2. The molecule has 6 nitrogen and oxygen atoms in total. The lowest BCUT2D eigenvalue weighted by Gasteiger charge is -2.49. The van der Waals surface area contributed by atoms with E-state index in [4.69, 9.17) is 0 Å². The van der Waals surface area contributed by atoms with Gasteiger partial charge >= 0.3 is 0 Å². The summed E-state index contributed by atoms with van der Waals surface area (Å²) in [6.07, 6.45) is 3.71. The van der Waals surface area contributed by atoms with Gasteiger partial charge < -0.3 is 9.80 Å². The molecule has 1 unspecified atom stereocenters. The standard InChI is InChI=1S/C21H25F2N5O/c1-15-9-24-14-25-18(15)28-12-20(11-21(22,23)13-28)7-4-8-27(19(20)29)10-17-6-3-5-16(2)26-17/h3,5-6,9,14H,4,7-8,10-13H2,1-2H3. The fourth-order valence-electron chi connectivity index (χ4n) is 4.68. The number of likely N-dealkylation sites (tertiary alicyclic amines) is 1. The Kier molecular flexibility index (Phi) is 4.96. The Morgan fingerprint density at radius 1 is 1.21 bits per heavy atom. The molecular weight excluding hydrogens is 376 g/mol. The molecule has 0 saturated carbocycles. The number of hydrogen-bond acceptors (Lipinski definition) is 5. The summed E-state index contributed by atoms with van der Waals surface area (Å²) in [5.41, 5.74) is 1.27. The summed E-state index contributed by atoms with van der Waals surface area (Å²) < 4.78 is 29.6. The summed E-state index contributed by atoms with van der Waals surface area (Å²) in [5, 5.41) is 0. The molecule has 2 aliphatic rings. The van der Waals surface area contributed by atoms with Gasteiger partial charge in [0.15, 0.2) is 0 Å². The van der Waals surface area contributed by atoms with Gasteiger partial charge in [0.1, 0.15) is 12.1 Å². The lowest BCUT2D eigenvalue weighted by molar-refractivity contribution is -0.157. The number of pyridine rings is 1. The third-order valence-electron chi connectivity index (χ3n) is 5.80. The van der Waals surface area contributed by atoms with Crippen molar-refractivity contribution in [3.8, 4) is 0 Å². The van der Waals surface area contributed by atoms with Gasteiger partial charge in [0.2, 0.25) is 5.91 Å². The van der Waals surface area contributed by atoms with E-state index < -0.39 is 24.3 Å². The number of hydrogen-bond donors (Lipinski definition) is 0. The molecule has 0 radical (unpaired) electrons. The smallest absolute Gasteiger partial charge is 0.266 e. The summed E-state index contributed by atoms with van der Waals surface area (Å²) in [6.45, 7) is 4.42. The fraction of sp³-hybridized carbons (Fsp3) is 0.524. The van der Waals surface area contributed by atoms with E-state index in [2.05, 4.69) is 15.0 Å². The number of carbonyl (C=O) groups is 1. The molecule has 0 aromatic carbocycles. The maximum atomic E-state index is 14.8. The highest BCUT2D eigenvalue weighted by atomic mass is 19.3. The number of rotatable bonds is 3. The van der Waals surface area contributed by atoms with Crippen LogP contribution in [0, 0.1) is 19.3 Å². The number of alkyl halides is 2. The molecule has 1 amide bonds. The number of aromatic nitrogens is 3. The zero-order chi connectivity index (χ0) is 20.6. The Morgan fingerprint density at radius 3 is 2.79 bits per heavy atom. The molecule has 4 rings (SSSR count). The average Bonchev–Trinajstić information content (AvgIpc) is 2.65. The van der Waals surface area contributed by atoms with Gasteiger partial charge in [0.05, 0.1) is 24.2 Å². The summed E-state index contributed by atoms with van der Waals surface area (Å²) in [5.74, 6) is -2.69.